The molecule has 0 radical (unpaired) electrons. The average molecular weight is 401 g/mol. The highest BCUT2D eigenvalue weighted by molar-refractivity contribution is 6.31. The van der Waals surface area contributed by atoms with E-state index < -0.39 is 11.2 Å². The predicted molar refractivity (Wildman–Crippen MR) is 110 cm³/mol. The van der Waals surface area contributed by atoms with Crippen LogP contribution in [0, 0.1) is 0 Å². The van der Waals surface area contributed by atoms with Crippen LogP contribution in [0.2, 0.25) is 5.02 Å². The van der Waals surface area contributed by atoms with Gasteiger partial charge in [-0.25, -0.2) is 4.79 Å². The molecule has 1 aromatic heterocycles. The zero-order valence-corrected chi connectivity index (χ0v) is 16.4. The minimum atomic E-state index is -0.617. The summed E-state index contributed by atoms with van der Waals surface area (Å²) >= 11 is 6.29. The van der Waals surface area contributed by atoms with Gasteiger partial charge in [0.15, 0.2) is 0 Å². The van der Waals surface area contributed by atoms with Crippen molar-refractivity contribution < 1.29 is 4.79 Å². The first-order chi connectivity index (χ1) is 13.4. The first kappa shape index (κ1) is 19.9. The highest BCUT2D eigenvalue weighted by atomic mass is 35.5. The lowest BCUT2D eigenvalue weighted by atomic mass is 10.1. The predicted octanol–water partition coefficient (Wildman–Crippen LogP) is 1.76. The van der Waals surface area contributed by atoms with Gasteiger partial charge in [-0.2, -0.15) is 0 Å². The fourth-order valence-electron chi connectivity index (χ4n) is 3.13. The molecule has 2 N–H and O–H groups in total. The number of hydrogen-bond acceptors (Lipinski definition) is 4. The molecule has 28 heavy (non-hydrogen) atoms. The summed E-state index contributed by atoms with van der Waals surface area (Å²) in [5.74, 6) is -0.335. The fourth-order valence-corrected chi connectivity index (χ4v) is 3.39. The maximum absolute atomic E-state index is 12.5. The number of likely N-dealkylation sites (N-methyl/N-ethyl adjacent to an activating group) is 1. The molecule has 0 aliphatic heterocycles. The summed E-state index contributed by atoms with van der Waals surface area (Å²) in [7, 11) is 3.81. The van der Waals surface area contributed by atoms with Crippen molar-refractivity contribution in [2.45, 2.75) is 12.6 Å². The molecular formula is C20H21ClN4O3. The number of nitrogens with zero attached hydrogens (tertiary/aromatic N) is 2. The third-order valence-electron chi connectivity index (χ3n) is 4.59. The van der Waals surface area contributed by atoms with Crippen molar-refractivity contribution >= 4 is 28.4 Å². The third kappa shape index (κ3) is 4.16. The lowest BCUT2D eigenvalue weighted by molar-refractivity contribution is -0.121. The van der Waals surface area contributed by atoms with Crippen molar-refractivity contribution in [1.82, 2.24) is 19.8 Å². The Labute approximate surface area is 166 Å². The number of rotatable bonds is 6. The number of aromatic amines is 1. The van der Waals surface area contributed by atoms with Crippen molar-refractivity contribution in [2.24, 2.45) is 0 Å². The zero-order chi connectivity index (χ0) is 20.3. The van der Waals surface area contributed by atoms with Gasteiger partial charge in [0.05, 0.1) is 16.9 Å². The Morgan fingerprint density at radius 1 is 1.14 bits per heavy atom. The summed E-state index contributed by atoms with van der Waals surface area (Å²) < 4.78 is 1.26. The molecule has 1 heterocycles. The molecule has 1 unspecified atom stereocenters. The Morgan fingerprint density at radius 3 is 2.54 bits per heavy atom. The molecule has 3 aromatic rings. The number of H-pyrrole nitrogens is 1. The Morgan fingerprint density at radius 2 is 1.82 bits per heavy atom. The number of para-hydroxylation sites is 1. The van der Waals surface area contributed by atoms with Crippen LogP contribution in [0.5, 0.6) is 0 Å². The van der Waals surface area contributed by atoms with Crippen LogP contribution in [0.15, 0.2) is 58.1 Å². The smallest absolute Gasteiger partial charge is 0.329 e. The van der Waals surface area contributed by atoms with Gasteiger partial charge in [0.2, 0.25) is 5.91 Å². The summed E-state index contributed by atoms with van der Waals surface area (Å²) in [6, 6.07) is 14.0. The quantitative estimate of drug-likeness (QED) is 0.660. The average Bonchev–Trinajstić information content (AvgIpc) is 2.66. The summed E-state index contributed by atoms with van der Waals surface area (Å²) in [6.45, 7) is 0.129. The molecular weight excluding hydrogens is 380 g/mol. The summed E-state index contributed by atoms with van der Waals surface area (Å²) in [5, 5.41) is 3.84. The number of aromatic nitrogens is 2. The monoisotopic (exact) mass is 400 g/mol. The number of halogens is 1. The third-order valence-corrected chi connectivity index (χ3v) is 4.93. The van der Waals surface area contributed by atoms with Gasteiger partial charge in [0.1, 0.15) is 6.54 Å². The van der Waals surface area contributed by atoms with Crippen molar-refractivity contribution in [3.8, 4) is 0 Å². The second kappa shape index (κ2) is 8.41. The van der Waals surface area contributed by atoms with Gasteiger partial charge in [-0.05, 0) is 37.9 Å². The van der Waals surface area contributed by atoms with E-state index in [1.807, 2.05) is 37.2 Å². The van der Waals surface area contributed by atoms with Crippen LogP contribution in [-0.4, -0.2) is 41.0 Å². The molecule has 1 atom stereocenters. The highest BCUT2D eigenvalue weighted by Gasteiger charge is 2.18. The molecule has 8 heteroatoms. The maximum atomic E-state index is 12.5. The highest BCUT2D eigenvalue weighted by Crippen LogP contribution is 2.25. The van der Waals surface area contributed by atoms with Crippen molar-refractivity contribution in [1.29, 1.82) is 0 Å². The van der Waals surface area contributed by atoms with E-state index in [0.29, 0.717) is 22.5 Å². The minimum Gasteiger partial charge on any atom is -0.353 e. The van der Waals surface area contributed by atoms with Crippen LogP contribution >= 0.6 is 11.6 Å². The normalized spacial score (nSPS) is 12.3. The lowest BCUT2D eigenvalue weighted by Crippen LogP contribution is -2.39. The van der Waals surface area contributed by atoms with E-state index in [1.165, 1.54) is 4.57 Å². The number of hydrogen-bond donors (Lipinski definition) is 2. The number of carbonyl (C=O) groups is 1. The van der Waals surface area contributed by atoms with Crippen molar-refractivity contribution in [3.63, 3.8) is 0 Å². The lowest BCUT2D eigenvalue weighted by Gasteiger charge is -2.26. The molecule has 0 aliphatic rings. The van der Waals surface area contributed by atoms with Gasteiger partial charge in [-0.1, -0.05) is 41.9 Å². The van der Waals surface area contributed by atoms with Gasteiger partial charge >= 0.3 is 5.69 Å². The van der Waals surface area contributed by atoms with Crippen LogP contribution in [-0.2, 0) is 11.3 Å². The molecule has 0 saturated heterocycles. The van der Waals surface area contributed by atoms with Gasteiger partial charge in [0.25, 0.3) is 5.56 Å². The van der Waals surface area contributed by atoms with Crippen LogP contribution in [0.1, 0.15) is 11.6 Å². The molecule has 0 aliphatic carbocycles. The molecule has 0 fully saturated rings. The SMILES string of the molecule is CN(C)C(CNC(=O)Cn1c(=O)[nH]c(=O)c2ccccc21)c1ccccc1Cl. The molecule has 7 nitrogen and oxygen atoms in total. The number of amides is 1. The van der Waals surface area contributed by atoms with Crippen LogP contribution in [0.4, 0.5) is 0 Å². The zero-order valence-electron chi connectivity index (χ0n) is 15.6. The van der Waals surface area contributed by atoms with E-state index in [0.717, 1.165) is 5.56 Å². The minimum absolute atomic E-state index is 0.123. The van der Waals surface area contributed by atoms with E-state index in [1.54, 1.807) is 30.3 Å². The van der Waals surface area contributed by atoms with Gasteiger partial charge < -0.3 is 10.2 Å². The van der Waals surface area contributed by atoms with Crippen LogP contribution < -0.4 is 16.6 Å². The molecule has 0 saturated carbocycles. The van der Waals surface area contributed by atoms with Crippen molar-refractivity contribution in [3.05, 3.63) is 80.0 Å². The van der Waals surface area contributed by atoms with Crippen LogP contribution in [0.25, 0.3) is 10.9 Å². The largest absolute Gasteiger partial charge is 0.353 e. The molecule has 3 rings (SSSR count). The number of carbonyl (C=O) groups excluding carboxylic acids is 1. The summed E-state index contributed by atoms with van der Waals surface area (Å²) in [6.07, 6.45) is 0. The molecule has 2 aromatic carbocycles. The Hall–Kier alpha value is -2.90. The standard InChI is InChI=1S/C20H21ClN4O3/c1-24(2)17(13-7-3-5-9-15(13)21)11-22-18(26)12-25-16-10-6-4-8-14(16)19(27)23-20(25)28/h3-10,17H,11-12H2,1-2H3,(H,22,26)(H,23,27,28). The Bertz CT molecular complexity index is 1120. The maximum Gasteiger partial charge on any atom is 0.329 e. The Kier molecular flexibility index (Phi) is 5.96. The molecule has 0 bridgehead atoms. The summed E-state index contributed by atoms with van der Waals surface area (Å²) in [4.78, 5) is 40.9. The number of fused-ring (bicyclic) bond motifs is 1. The number of benzene rings is 2. The van der Waals surface area contributed by atoms with Gasteiger partial charge in [0, 0.05) is 11.6 Å². The topological polar surface area (TPSA) is 87.2 Å². The van der Waals surface area contributed by atoms with E-state index in [4.69, 9.17) is 11.6 Å². The van der Waals surface area contributed by atoms with Crippen LogP contribution in [0.3, 0.4) is 0 Å². The first-order valence-corrected chi connectivity index (χ1v) is 9.15. The number of nitrogens with one attached hydrogen (secondary N) is 2. The molecule has 1 amide bonds. The van der Waals surface area contributed by atoms with E-state index in [2.05, 4.69) is 10.3 Å². The Balaban J connectivity index is 1.79. The van der Waals surface area contributed by atoms with E-state index in [9.17, 15) is 14.4 Å². The second-order valence-corrected chi connectivity index (χ2v) is 7.07. The van der Waals surface area contributed by atoms with E-state index >= 15 is 0 Å². The van der Waals surface area contributed by atoms with Gasteiger partial charge in [-0.3, -0.25) is 19.1 Å². The second-order valence-electron chi connectivity index (χ2n) is 6.67. The van der Waals surface area contributed by atoms with Gasteiger partial charge in [-0.15, -0.1) is 0 Å². The fraction of sp³-hybridized carbons (Fsp3) is 0.250. The summed E-state index contributed by atoms with van der Waals surface area (Å²) in [5.41, 5.74) is 0.237. The van der Waals surface area contributed by atoms with Crippen molar-refractivity contribution in [2.75, 3.05) is 20.6 Å². The first-order valence-electron chi connectivity index (χ1n) is 8.78. The molecule has 0 spiro atoms. The molecule has 146 valence electrons. The van der Waals surface area contributed by atoms with E-state index in [-0.39, 0.29) is 18.5 Å².